The van der Waals surface area contributed by atoms with E-state index < -0.39 is 5.97 Å². The number of carboxylic acid groups (broad SMARTS) is 1. The van der Waals surface area contributed by atoms with E-state index in [0.29, 0.717) is 30.2 Å². The van der Waals surface area contributed by atoms with Gasteiger partial charge in [0.15, 0.2) is 0 Å². The molecule has 0 aromatic carbocycles. The van der Waals surface area contributed by atoms with Gasteiger partial charge in [-0.05, 0) is 18.4 Å². The molecule has 116 valence electrons. The first kappa shape index (κ1) is 17.3. The smallest absolute Gasteiger partial charge is 0.313 e. The van der Waals surface area contributed by atoms with Crippen LogP contribution in [0.1, 0.15) is 29.9 Å². The summed E-state index contributed by atoms with van der Waals surface area (Å²) >= 11 is 1.23. The average Bonchev–Trinajstić information content (AvgIpc) is 2.36. The van der Waals surface area contributed by atoms with Crippen molar-refractivity contribution < 1.29 is 14.7 Å². The Labute approximate surface area is 127 Å². The minimum Gasteiger partial charge on any atom is -0.481 e. The van der Waals surface area contributed by atoms with Crippen molar-refractivity contribution in [2.24, 2.45) is 5.92 Å². The summed E-state index contributed by atoms with van der Waals surface area (Å²) in [6.45, 7) is 4.43. The number of carbonyl (C=O) groups is 2. The van der Waals surface area contributed by atoms with Gasteiger partial charge in [-0.15, -0.1) is 11.8 Å². The van der Waals surface area contributed by atoms with E-state index in [0.717, 1.165) is 5.69 Å². The Hall–Kier alpha value is -1.76. The number of nitrogens with one attached hydrogen (secondary N) is 2. The molecule has 0 bridgehead atoms. The molecule has 0 radical (unpaired) electrons. The molecule has 0 saturated heterocycles. The zero-order valence-electron chi connectivity index (χ0n) is 12.1. The lowest BCUT2D eigenvalue weighted by atomic mass is 10.1. The van der Waals surface area contributed by atoms with Crippen molar-refractivity contribution in [3.63, 3.8) is 0 Å². The fraction of sp³-hybridized carbons (Fsp3) is 0.500. The van der Waals surface area contributed by atoms with Gasteiger partial charge < -0.3 is 15.4 Å². The monoisotopic (exact) mass is 312 g/mol. The Bertz CT molecular complexity index is 554. The van der Waals surface area contributed by atoms with Crippen LogP contribution >= 0.6 is 11.8 Å². The third-order valence-electron chi connectivity index (χ3n) is 2.55. The summed E-state index contributed by atoms with van der Waals surface area (Å²) in [6, 6.07) is 2.95. The molecule has 0 atom stereocenters. The fourth-order valence-electron chi connectivity index (χ4n) is 1.78. The predicted octanol–water partition coefficient (Wildman–Crippen LogP) is 1.12. The fourth-order valence-corrected chi connectivity index (χ4v) is 2.35. The number of hydrogen-bond acceptors (Lipinski definition) is 4. The molecule has 0 spiro atoms. The normalized spacial score (nSPS) is 10.6. The van der Waals surface area contributed by atoms with E-state index >= 15 is 0 Å². The SMILES string of the molecule is CC(C)Cc1cc(C(=O)NCCSCC(=O)O)cc(=O)[nH]1. The second-order valence-corrected chi connectivity index (χ2v) is 6.16. The molecule has 21 heavy (non-hydrogen) atoms. The van der Waals surface area contributed by atoms with Gasteiger partial charge in [0.05, 0.1) is 5.75 Å². The van der Waals surface area contributed by atoms with Crippen LogP contribution in [0.2, 0.25) is 0 Å². The second-order valence-electron chi connectivity index (χ2n) is 5.06. The van der Waals surface area contributed by atoms with E-state index in [9.17, 15) is 14.4 Å². The van der Waals surface area contributed by atoms with Gasteiger partial charge in [-0.1, -0.05) is 13.8 Å². The zero-order valence-corrected chi connectivity index (χ0v) is 13.0. The molecule has 0 aliphatic rings. The van der Waals surface area contributed by atoms with Crippen LogP contribution < -0.4 is 10.9 Å². The molecular weight excluding hydrogens is 292 g/mol. The number of amides is 1. The molecule has 0 unspecified atom stereocenters. The van der Waals surface area contributed by atoms with E-state index in [1.165, 1.54) is 17.8 Å². The molecule has 0 saturated carbocycles. The van der Waals surface area contributed by atoms with Crippen molar-refractivity contribution in [2.75, 3.05) is 18.1 Å². The van der Waals surface area contributed by atoms with Crippen LogP contribution in [0.4, 0.5) is 0 Å². The Morgan fingerprint density at radius 3 is 2.71 bits per heavy atom. The van der Waals surface area contributed by atoms with Gasteiger partial charge in [0.2, 0.25) is 5.56 Å². The number of H-pyrrole nitrogens is 1. The molecule has 1 heterocycles. The summed E-state index contributed by atoms with van der Waals surface area (Å²) < 4.78 is 0. The van der Waals surface area contributed by atoms with E-state index in [2.05, 4.69) is 10.3 Å². The second kappa shape index (κ2) is 8.51. The number of thioether (sulfide) groups is 1. The maximum atomic E-state index is 11.9. The lowest BCUT2D eigenvalue weighted by molar-refractivity contribution is -0.133. The largest absolute Gasteiger partial charge is 0.481 e. The molecule has 1 amide bonds. The van der Waals surface area contributed by atoms with E-state index in [1.807, 2.05) is 13.8 Å². The van der Waals surface area contributed by atoms with Crippen molar-refractivity contribution >= 4 is 23.6 Å². The highest BCUT2D eigenvalue weighted by Crippen LogP contribution is 2.06. The first-order valence-corrected chi connectivity index (χ1v) is 7.85. The molecule has 0 aliphatic carbocycles. The highest BCUT2D eigenvalue weighted by Gasteiger charge is 2.09. The molecule has 6 nitrogen and oxygen atoms in total. The van der Waals surface area contributed by atoms with Crippen LogP contribution in [-0.4, -0.2) is 40.0 Å². The molecule has 1 rings (SSSR count). The first-order valence-electron chi connectivity index (χ1n) is 6.69. The van der Waals surface area contributed by atoms with E-state index in [-0.39, 0.29) is 17.2 Å². The third-order valence-corrected chi connectivity index (χ3v) is 3.49. The molecule has 1 aromatic heterocycles. The molecule has 3 N–H and O–H groups in total. The van der Waals surface area contributed by atoms with Crippen LogP contribution in [0.3, 0.4) is 0 Å². The first-order chi connectivity index (χ1) is 9.88. The lowest BCUT2D eigenvalue weighted by Crippen LogP contribution is -2.27. The molecule has 1 aromatic rings. The Kier molecular flexibility index (Phi) is 7.01. The van der Waals surface area contributed by atoms with E-state index in [1.54, 1.807) is 6.07 Å². The van der Waals surface area contributed by atoms with Gasteiger partial charge in [-0.3, -0.25) is 14.4 Å². The molecule has 0 fully saturated rings. The average molecular weight is 312 g/mol. The number of aromatic amines is 1. The quantitative estimate of drug-likeness (QED) is 0.625. The highest BCUT2D eigenvalue weighted by atomic mass is 32.2. The Morgan fingerprint density at radius 1 is 1.38 bits per heavy atom. The Balaban J connectivity index is 2.55. The number of carbonyl (C=O) groups excluding carboxylic acids is 1. The van der Waals surface area contributed by atoms with Gasteiger partial charge in [0.1, 0.15) is 0 Å². The van der Waals surface area contributed by atoms with Crippen molar-refractivity contribution in [1.82, 2.24) is 10.3 Å². The lowest BCUT2D eigenvalue weighted by Gasteiger charge is -2.08. The summed E-state index contributed by atoms with van der Waals surface area (Å²) in [5, 5.41) is 11.2. The maximum Gasteiger partial charge on any atom is 0.313 e. The van der Waals surface area contributed by atoms with Gasteiger partial charge in [0.25, 0.3) is 5.91 Å². The predicted molar refractivity (Wildman–Crippen MR) is 82.9 cm³/mol. The number of aliphatic carboxylic acids is 1. The van der Waals surface area contributed by atoms with Crippen LogP contribution in [-0.2, 0) is 11.2 Å². The van der Waals surface area contributed by atoms with Crippen LogP contribution in [0.15, 0.2) is 16.9 Å². The number of rotatable bonds is 8. The van der Waals surface area contributed by atoms with Crippen LogP contribution in [0.25, 0.3) is 0 Å². The zero-order chi connectivity index (χ0) is 15.8. The number of hydrogen-bond donors (Lipinski definition) is 3. The minimum absolute atomic E-state index is 0.0133. The number of aromatic nitrogens is 1. The Morgan fingerprint density at radius 2 is 2.10 bits per heavy atom. The minimum atomic E-state index is -0.876. The summed E-state index contributed by atoms with van der Waals surface area (Å²) in [4.78, 5) is 36.5. The summed E-state index contributed by atoms with van der Waals surface area (Å²) in [6.07, 6.45) is 0.699. The van der Waals surface area contributed by atoms with Crippen molar-refractivity contribution in [3.05, 3.63) is 33.7 Å². The number of carboxylic acids is 1. The topological polar surface area (TPSA) is 99.3 Å². The molecule has 7 heteroatoms. The number of pyridine rings is 1. The van der Waals surface area contributed by atoms with Crippen molar-refractivity contribution in [1.29, 1.82) is 0 Å². The maximum absolute atomic E-state index is 11.9. The molecular formula is C14H20N2O4S. The summed E-state index contributed by atoms with van der Waals surface area (Å²) in [5.74, 6) is -0.285. The van der Waals surface area contributed by atoms with Crippen LogP contribution in [0.5, 0.6) is 0 Å². The van der Waals surface area contributed by atoms with Crippen molar-refractivity contribution in [3.8, 4) is 0 Å². The van der Waals surface area contributed by atoms with Gasteiger partial charge in [-0.2, -0.15) is 0 Å². The van der Waals surface area contributed by atoms with Crippen LogP contribution in [0, 0.1) is 5.92 Å². The van der Waals surface area contributed by atoms with E-state index in [4.69, 9.17) is 5.11 Å². The third kappa shape index (κ3) is 6.99. The van der Waals surface area contributed by atoms with Gasteiger partial charge in [0, 0.05) is 29.6 Å². The van der Waals surface area contributed by atoms with Crippen molar-refractivity contribution in [2.45, 2.75) is 20.3 Å². The summed E-state index contributed by atoms with van der Waals surface area (Å²) in [7, 11) is 0. The summed E-state index contributed by atoms with van der Waals surface area (Å²) in [5.41, 5.74) is 0.777. The highest BCUT2D eigenvalue weighted by molar-refractivity contribution is 7.99. The van der Waals surface area contributed by atoms with Gasteiger partial charge in [-0.25, -0.2) is 0 Å². The standard InChI is InChI=1S/C14H20N2O4S/c1-9(2)5-11-6-10(7-12(17)16-11)14(20)15-3-4-21-8-13(18)19/h6-7,9H,3-5,8H2,1-2H3,(H,15,20)(H,16,17)(H,18,19). The molecule has 0 aliphatic heterocycles. The van der Waals surface area contributed by atoms with Gasteiger partial charge >= 0.3 is 5.97 Å².